The number of carbonyl (C=O) groups is 2. The molecule has 1 heterocycles. The monoisotopic (exact) mass is 272 g/mol. The molecule has 0 saturated carbocycles. The lowest BCUT2D eigenvalue weighted by atomic mass is 10.0. The van der Waals surface area contributed by atoms with Crippen LogP contribution in [0, 0.1) is 5.92 Å². The molecule has 0 bridgehead atoms. The lowest BCUT2D eigenvalue weighted by molar-refractivity contribution is -0.166. The summed E-state index contributed by atoms with van der Waals surface area (Å²) < 4.78 is 15.1. The first kappa shape index (κ1) is 16.0. The SMILES string of the molecule is CCCCCCCC1C(=O)OCCOCCOC1=O. The molecule has 0 atom stereocenters. The highest BCUT2D eigenvalue weighted by molar-refractivity contribution is 5.94. The van der Waals surface area contributed by atoms with E-state index in [2.05, 4.69) is 6.92 Å². The largest absolute Gasteiger partial charge is 0.463 e. The second-order valence-electron chi connectivity index (χ2n) is 4.70. The standard InChI is InChI=1S/C14H24O5/c1-2-3-4-5-6-7-12-13(15)18-10-8-17-9-11-19-14(12)16/h12H,2-11H2,1H3. The molecular formula is C14H24O5. The van der Waals surface area contributed by atoms with Crippen LogP contribution < -0.4 is 0 Å². The molecule has 0 aromatic carbocycles. The van der Waals surface area contributed by atoms with E-state index in [9.17, 15) is 9.59 Å². The minimum atomic E-state index is -0.764. The van der Waals surface area contributed by atoms with Crippen LogP contribution in [0.3, 0.4) is 0 Å². The van der Waals surface area contributed by atoms with Gasteiger partial charge in [0.05, 0.1) is 13.2 Å². The van der Waals surface area contributed by atoms with Crippen LogP contribution in [-0.2, 0) is 23.8 Å². The van der Waals surface area contributed by atoms with Gasteiger partial charge in [-0.05, 0) is 6.42 Å². The second-order valence-corrected chi connectivity index (χ2v) is 4.70. The molecule has 5 nitrogen and oxygen atoms in total. The van der Waals surface area contributed by atoms with Gasteiger partial charge in [0.15, 0.2) is 5.92 Å². The van der Waals surface area contributed by atoms with Crippen molar-refractivity contribution in [2.24, 2.45) is 5.92 Å². The number of hydrogen-bond donors (Lipinski definition) is 0. The maximum Gasteiger partial charge on any atom is 0.320 e. The Kier molecular flexibility index (Phi) is 8.21. The summed E-state index contributed by atoms with van der Waals surface area (Å²) in [7, 11) is 0. The second kappa shape index (κ2) is 9.78. The van der Waals surface area contributed by atoms with E-state index in [0.717, 1.165) is 19.3 Å². The molecule has 1 fully saturated rings. The third kappa shape index (κ3) is 6.57. The van der Waals surface area contributed by atoms with Gasteiger partial charge in [-0.15, -0.1) is 0 Å². The Morgan fingerprint density at radius 1 is 0.895 bits per heavy atom. The minimum absolute atomic E-state index is 0.207. The number of rotatable bonds is 6. The molecule has 0 spiro atoms. The molecule has 0 unspecified atom stereocenters. The van der Waals surface area contributed by atoms with Crippen LogP contribution in [0.2, 0.25) is 0 Å². The first-order chi connectivity index (χ1) is 9.25. The van der Waals surface area contributed by atoms with E-state index in [1.807, 2.05) is 0 Å². The topological polar surface area (TPSA) is 61.8 Å². The predicted molar refractivity (Wildman–Crippen MR) is 69.6 cm³/mol. The summed E-state index contributed by atoms with van der Waals surface area (Å²) in [5.74, 6) is -1.73. The Hall–Kier alpha value is -1.10. The van der Waals surface area contributed by atoms with Gasteiger partial charge in [-0.3, -0.25) is 9.59 Å². The Labute approximate surface area is 114 Å². The van der Waals surface area contributed by atoms with Gasteiger partial charge >= 0.3 is 11.9 Å². The van der Waals surface area contributed by atoms with E-state index in [1.54, 1.807) is 0 Å². The van der Waals surface area contributed by atoms with Gasteiger partial charge in [-0.2, -0.15) is 0 Å². The summed E-state index contributed by atoms with van der Waals surface area (Å²) in [5, 5.41) is 0. The summed E-state index contributed by atoms with van der Waals surface area (Å²) in [5.41, 5.74) is 0. The van der Waals surface area contributed by atoms with E-state index in [-0.39, 0.29) is 13.2 Å². The van der Waals surface area contributed by atoms with Crippen LogP contribution >= 0.6 is 0 Å². The van der Waals surface area contributed by atoms with Crippen LogP contribution in [-0.4, -0.2) is 38.4 Å². The zero-order valence-corrected chi connectivity index (χ0v) is 11.7. The highest BCUT2D eigenvalue weighted by atomic mass is 16.6. The van der Waals surface area contributed by atoms with Gasteiger partial charge in [0, 0.05) is 0 Å². The fourth-order valence-corrected chi connectivity index (χ4v) is 1.99. The third-order valence-electron chi connectivity index (χ3n) is 3.11. The Morgan fingerprint density at radius 2 is 1.47 bits per heavy atom. The van der Waals surface area contributed by atoms with Crippen LogP contribution in [0.25, 0.3) is 0 Å². The summed E-state index contributed by atoms with van der Waals surface area (Å²) >= 11 is 0. The van der Waals surface area contributed by atoms with Crippen LogP contribution in [0.15, 0.2) is 0 Å². The molecule has 1 aliphatic heterocycles. The number of hydrogen-bond acceptors (Lipinski definition) is 5. The molecule has 0 amide bonds. The zero-order valence-electron chi connectivity index (χ0n) is 11.7. The molecule has 1 rings (SSSR count). The third-order valence-corrected chi connectivity index (χ3v) is 3.11. The van der Waals surface area contributed by atoms with Crippen molar-refractivity contribution in [3.05, 3.63) is 0 Å². The van der Waals surface area contributed by atoms with Crippen LogP contribution in [0.1, 0.15) is 45.4 Å². The average molecular weight is 272 g/mol. The lowest BCUT2D eigenvalue weighted by Crippen LogP contribution is -2.31. The highest BCUT2D eigenvalue weighted by Crippen LogP contribution is 2.15. The summed E-state index contributed by atoms with van der Waals surface area (Å²) in [6.07, 6.45) is 5.91. The van der Waals surface area contributed by atoms with Crippen LogP contribution in [0.5, 0.6) is 0 Å². The van der Waals surface area contributed by atoms with Crippen molar-refractivity contribution in [3.8, 4) is 0 Å². The molecule has 1 saturated heterocycles. The maximum absolute atomic E-state index is 11.8. The highest BCUT2D eigenvalue weighted by Gasteiger charge is 2.29. The molecular weight excluding hydrogens is 248 g/mol. The summed E-state index contributed by atoms with van der Waals surface area (Å²) in [6.45, 7) is 3.27. The van der Waals surface area contributed by atoms with Gasteiger partial charge in [-0.1, -0.05) is 39.0 Å². The molecule has 0 aromatic heterocycles. The molecule has 1 aliphatic rings. The first-order valence-electron chi connectivity index (χ1n) is 7.16. The fraction of sp³-hybridized carbons (Fsp3) is 0.857. The molecule has 0 radical (unpaired) electrons. The Morgan fingerprint density at radius 3 is 2.05 bits per heavy atom. The van der Waals surface area contributed by atoms with E-state index in [1.165, 1.54) is 12.8 Å². The van der Waals surface area contributed by atoms with E-state index < -0.39 is 17.9 Å². The minimum Gasteiger partial charge on any atom is -0.463 e. The lowest BCUT2D eigenvalue weighted by Gasteiger charge is -2.17. The van der Waals surface area contributed by atoms with Gasteiger partial charge in [0.1, 0.15) is 13.2 Å². The van der Waals surface area contributed by atoms with Gasteiger partial charge in [0.2, 0.25) is 0 Å². The molecule has 0 aromatic rings. The quantitative estimate of drug-likeness (QED) is 0.421. The van der Waals surface area contributed by atoms with Crippen molar-refractivity contribution in [2.75, 3.05) is 26.4 Å². The van der Waals surface area contributed by atoms with Crippen molar-refractivity contribution in [2.45, 2.75) is 45.4 Å². The van der Waals surface area contributed by atoms with Crippen molar-refractivity contribution in [1.82, 2.24) is 0 Å². The maximum atomic E-state index is 11.8. The van der Waals surface area contributed by atoms with Gasteiger partial charge < -0.3 is 14.2 Å². The number of esters is 2. The average Bonchev–Trinajstić information content (AvgIpc) is 2.40. The Balaban J connectivity index is 2.38. The number of ether oxygens (including phenoxy) is 3. The fourth-order valence-electron chi connectivity index (χ4n) is 1.99. The van der Waals surface area contributed by atoms with Crippen molar-refractivity contribution < 1.29 is 23.8 Å². The smallest absolute Gasteiger partial charge is 0.320 e. The Bertz CT molecular complexity index is 257. The van der Waals surface area contributed by atoms with Gasteiger partial charge in [-0.25, -0.2) is 0 Å². The van der Waals surface area contributed by atoms with Crippen molar-refractivity contribution in [1.29, 1.82) is 0 Å². The van der Waals surface area contributed by atoms with Gasteiger partial charge in [0.25, 0.3) is 0 Å². The van der Waals surface area contributed by atoms with Crippen LogP contribution in [0.4, 0.5) is 0 Å². The van der Waals surface area contributed by atoms with E-state index in [4.69, 9.17) is 14.2 Å². The van der Waals surface area contributed by atoms with E-state index in [0.29, 0.717) is 19.6 Å². The molecule has 110 valence electrons. The number of carbonyl (C=O) groups excluding carboxylic acids is 2. The molecule has 5 heteroatoms. The first-order valence-corrected chi connectivity index (χ1v) is 7.16. The molecule has 0 aliphatic carbocycles. The number of unbranched alkanes of at least 4 members (excludes halogenated alkanes) is 4. The van der Waals surface area contributed by atoms with E-state index >= 15 is 0 Å². The summed E-state index contributed by atoms with van der Waals surface area (Å²) in [6, 6.07) is 0. The normalized spacial score (nSPS) is 18.8. The zero-order chi connectivity index (χ0) is 13.9. The predicted octanol–water partition coefficient (Wildman–Crippen LogP) is 2.08. The van der Waals surface area contributed by atoms with Crippen molar-refractivity contribution in [3.63, 3.8) is 0 Å². The summed E-state index contributed by atoms with van der Waals surface area (Å²) in [4.78, 5) is 23.6. The van der Waals surface area contributed by atoms with Crippen molar-refractivity contribution >= 4 is 11.9 Å². The molecule has 0 N–H and O–H groups in total. The number of cyclic esters (lactones) is 2. The molecule has 19 heavy (non-hydrogen) atoms.